The van der Waals surface area contributed by atoms with Crippen LogP contribution < -0.4 is 4.90 Å². The van der Waals surface area contributed by atoms with Crippen molar-refractivity contribution < 1.29 is 13.9 Å². The Morgan fingerprint density at radius 2 is 2.00 bits per heavy atom. The minimum absolute atomic E-state index is 0.171. The lowest BCUT2D eigenvalue weighted by Crippen LogP contribution is -2.36. The summed E-state index contributed by atoms with van der Waals surface area (Å²) in [6, 6.07) is 6.40. The first kappa shape index (κ1) is 19.7. The van der Waals surface area contributed by atoms with Crippen molar-refractivity contribution in [3.63, 3.8) is 0 Å². The average Bonchev–Trinajstić information content (AvgIpc) is 3.44. The van der Waals surface area contributed by atoms with Crippen molar-refractivity contribution in [1.29, 1.82) is 0 Å². The summed E-state index contributed by atoms with van der Waals surface area (Å²) in [5.74, 6) is 0.426. The van der Waals surface area contributed by atoms with Crippen LogP contribution in [-0.2, 0) is 16.0 Å². The highest BCUT2D eigenvalue weighted by molar-refractivity contribution is 7.13. The molecular weight excluding hydrogens is 363 g/mol. The van der Waals surface area contributed by atoms with E-state index in [0.717, 1.165) is 62.0 Å². The normalized spacial score (nSPS) is 16.9. The van der Waals surface area contributed by atoms with Gasteiger partial charge in [0.2, 0.25) is 0 Å². The number of aryl methyl sites for hydroxylation is 1. The Kier molecular flexibility index (Phi) is 7.12. The topological polar surface area (TPSA) is 42.4 Å². The van der Waals surface area contributed by atoms with E-state index >= 15 is 0 Å². The van der Waals surface area contributed by atoms with E-state index in [-0.39, 0.29) is 11.6 Å². The zero-order valence-corrected chi connectivity index (χ0v) is 16.4. The van der Waals surface area contributed by atoms with Crippen molar-refractivity contribution in [1.82, 2.24) is 4.98 Å². The number of aromatic nitrogens is 1. The maximum Gasteiger partial charge on any atom is 0.185 e. The minimum Gasteiger partial charge on any atom is -0.378 e. The number of hydrogen-bond donors (Lipinski definition) is 0. The molecule has 0 bridgehead atoms. The van der Waals surface area contributed by atoms with Crippen LogP contribution in [0.5, 0.6) is 0 Å². The highest BCUT2D eigenvalue weighted by atomic mass is 32.1. The number of morpholine rings is 1. The summed E-state index contributed by atoms with van der Waals surface area (Å²) in [4.78, 5) is 18.4. The predicted octanol–water partition coefficient (Wildman–Crippen LogP) is 4.19. The van der Waals surface area contributed by atoms with Gasteiger partial charge in [-0.25, -0.2) is 9.37 Å². The molecule has 1 saturated carbocycles. The third-order valence-electron chi connectivity index (χ3n) is 4.42. The third kappa shape index (κ3) is 6.56. The number of allylic oxidation sites excluding steroid dienone is 2. The molecular formula is C21H25FN2O2S. The van der Waals surface area contributed by atoms with Crippen LogP contribution in [-0.4, -0.2) is 37.1 Å². The van der Waals surface area contributed by atoms with Gasteiger partial charge in [0, 0.05) is 30.8 Å². The Bertz CT molecular complexity index is 742. The van der Waals surface area contributed by atoms with E-state index in [2.05, 4.69) is 15.3 Å². The van der Waals surface area contributed by atoms with Gasteiger partial charge in [0.05, 0.1) is 18.9 Å². The van der Waals surface area contributed by atoms with Gasteiger partial charge in [0.1, 0.15) is 5.82 Å². The number of anilines is 1. The van der Waals surface area contributed by atoms with Gasteiger partial charge in [-0.3, -0.25) is 4.79 Å². The van der Waals surface area contributed by atoms with E-state index in [1.807, 2.05) is 13.0 Å². The Morgan fingerprint density at radius 3 is 2.63 bits per heavy atom. The summed E-state index contributed by atoms with van der Waals surface area (Å²) in [5, 5.41) is 3.15. The molecule has 0 spiro atoms. The standard InChI is InChI=1S/C14H18N2O2S.C7H7F/c17-13(11-4-5-11)3-1-2-12-10-19-14(15-12)16-6-8-18-9-7-16;1-6-2-4-7(8)5-3-6/h1,3,10-11H,2,4-9H2;2-5H,1H3/b3-1-;. The largest absolute Gasteiger partial charge is 0.378 e. The second kappa shape index (κ2) is 9.76. The van der Waals surface area contributed by atoms with E-state index in [4.69, 9.17) is 4.74 Å². The second-order valence-corrected chi connectivity index (χ2v) is 7.64. The van der Waals surface area contributed by atoms with Gasteiger partial charge in [0.25, 0.3) is 0 Å². The molecule has 1 aliphatic heterocycles. The monoisotopic (exact) mass is 388 g/mol. The number of benzene rings is 1. The Labute approximate surface area is 163 Å². The van der Waals surface area contributed by atoms with Crippen molar-refractivity contribution in [2.75, 3.05) is 31.2 Å². The number of hydrogen-bond acceptors (Lipinski definition) is 5. The maximum absolute atomic E-state index is 12.1. The predicted molar refractivity (Wildman–Crippen MR) is 107 cm³/mol. The molecule has 1 aromatic carbocycles. The molecule has 0 N–H and O–H groups in total. The fraction of sp³-hybridized carbons (Fsp3) is 0.429. The summed E-state index contributed by atoms with van der Waals surface area (Å²) in [7, 11) is 0. The summed E-state index contributed by atoms with van der Waals surface area (Å²) in [6.45, 7) is 5.33. The summed E-state index contributed by atoms with van der Waals surface area (Å²) in [6.07, 6.45) is 6.56. The molecule has 4 rings (SSSR count). The van der Waals surface area contributed by atoms with Gasteiger partial charge in [-0.15, -0.1) is 11.3 Å². The van der Waals surface area contributed by atoms with Crippen molar-refractivity contribution >= 4 is 22.3 Å². The molecule has 0 unspecified atom stereocenters. The first-order valence-electron chi connectivity index (χ1n) is 9.31. The van der Waals surface area contributed by atoms with Crippen molar-refractivity contribution in [3.8, 4) is 0 Å². The summed E-state index contributed by atoms with van der Waals surface area (Å²) < 4.78 is 17.4. The molecule has 27 heavy (non-hydrogen) atoms. The van der Waals surface area contributed by atoms with Gasteiger partial charge in [0.15, 0.2) is 10.9 Å². The second-order valence-electron chi connectivity index (χ2n) is 6.80. The van der Waals surface area contributed by atoms with Crippen molar-refractivity contribution in [2.45, 2.75) is 26.2 Å². The Morgan fingerprint density at radius 1 is 1.30 bits per heavy atom. The number of carbonyl (C=O) groups is 1. The van der Waals surface area contributed by atoms with Gasteiger partial charge >= 0.3 is 0 Å². The van der Waals surface area contributed by atoms with E-state index in [1.54, 1.807) is 29.5 Å². The molecule has 0 radical (unpaired) electrons. The highest BCUT2D eigenvalue weighted by Crippen LogP contribution is 2.30. The molecule has 1 saturated heterocycles. The van der Waals surface area contributed by atoms with E-state index in [1.165, 1.54) is 12.1 Å². The average molecular weight is 389 g/mol. The lowest BCUT2D eigenvalue weighted by Gasteiger charge is -2.25. The Hall–Kier alpha value is -2.05. The number of ketones is 1. The van der Waals surface area contributed by atoms with Crippen molar-refractivity contribution in [2.24, 2.45) is 5.92 Å². The van der Waals surface area contributed by atoms with Crippen LogP contribution >= 0.6 is 11.3 Å². The van der Waals surface area contributed by atoms with E-state index in [0.29, 0.717) is 5.92 Å². The number of halogens is 1. The zero-order valence-electron chi connectivity index (χ0n) is 15.6. The molecule has 1 aliphatic carbocycles. The number of thiazole rings is 1. The number of rotatable bonds is 5. The fourth-order valence-electron chi connectivity index (χ4n) is 2.62. The molecule has 0 amide bonds. The van der Waals surface area contributed by atoms with Crippen LogP contribution in [0.15, 0.2) is 41.8 Å². The number of ether oxygens (including phenoxy) is 1. The lowest BCUT2D eigenvalue weighted by atomic mass is 10.2. The van der Waals surface area contributed by atoms with Crippen LogP contribution in [0.2, 0.25) is 0 Å². The van der Waals surface area contributed by atoms with Gasteiger partial charge in [-0.2, -0.15) is 0 Å². The molecule has 4 nitrogen and oxygen atoms in total. The van der Waals surface area contributed by atoms with Crippen LogP contribution in [0.1, 0.15) is 24.1 Å². The Balaban J connectivity index is 0.000000221. The van der Waals surface area contributed by atoms with Gasteiger partial charge < -0.3 is 9.64 Å². The molecule has 2 heterocycles. The molecule has 2 fully saturated rings. The molecule has 6 heteroatoms. The number of carbonyl (C=O) groups excluding carboxylic acids is 1. The maximum atomic E-state index is 12.1. The van der Waals surface area contributed by atoms with Gasteiger partial charge in [-0.1, -0.05) is 23.8 Å². The first-order valence-corrected chi connectivity index (χ1v) is 10.2. The molecule has 0 atom stereocenters. The molecule has 1 aromatic heterocycles. The fourth-order valence-corrected chi connectivity index (χ4v) is 3.51. The van der Waals surface area contributed by atoms with Gasteiger partial charge in [-0.05, 0) is 38.0 Å². The minimum atomic E-state index is -0.171. The van der Waals surface area contributed by atoms with E-state index < -0.39 is 0 Å². The third-order valence-corrected chi connectivity index (χ3v) is 5.37. The van der Waals surface area contributed by atoms with Crippen molar-refractivity contribution in [3.05, 3.63) is 58.9 Å². The molecule has 2 aliphatic rings. The molecule has 2 aromatic rings. The number of nitrogens with zero attached hydrogens (tertiary/aromatic N) is 2. The first-order chi connectivity index (χ1) is 13.1. The smallest absolute Gasteiger partial charge is 0.185 e. The molecule has 144 valence electrons. The summed E-state index contributed by atoms with van der Waals surface area (Å²) >= 11 is 1.67. The van der Waals surface area contributed by atoms with Crippen LogP contribution in [0.25, 0.3) is 0 Å². The quantitative estimate of drug-likeness (QED) is 0.721. The lowest BCUT2D eigenvalue weighted by molar-refractivity contribution is -0.115. The summed E-state index contributed by atoms with van der Waals surface area (Å²) in [5.41, 5.74) is 2.14. The highest BCUT2D eigenvalue weighted by Gasteiger charge is 2.27. The van der Waals surface area contributed by atoms with Crippen LogP contribution in [0.3, 0.4) is 0 Å². The van der Waals surface area contributed by atoms with Crippen LogP contribution in [0.4, 0.5) is 9.52 Å². The van der Waals surface area contributed by atoms with E-state index in [9.17, 15) is 9.18 Å². The zero-order chi connectivity index (χ0) is 19.1. The SMILES string of the molecule is Cc1ccc(F)cc1.O=C(/C=C\Cc1csc(N2CCOCC2)n1)C1CC1. The van der Waals surface area contributed by atoms with Crippen LogP contribution in [0, 0.1) is 18.7 Å².